The number of aryl methyl sites for hydroxylation is 1. The Morgan fingerprint density at radius 1 is 0.821 bits per heavy atom. The Balaban J connectivity index is 1.39. The highest BCUT2D eigenvalue weighted by Crippen LogP contribution is 2.30. The topological polar surface area (TPSA) is 58.2 Å². The Hall–Kier alpha value is -2.62. The molecule has 0 radical (unpaired) electrons. The summed E-state index contributed by atoms with van der Waals surface area (Å²) in [5, 5.41) is 6.08. The van der Waals surface area contributed by atoms with Gasteiger partial charge in [-0.25, -0.2) is 0 Å². The molecule has 0 bridgehead atoms. The van der Waals surface area contributed by atoms with Gasteiger partial charge in [-0.3, -0.25) is 9.59 Å². The molecule has 28 heavy (non-hydrogen) atoms. The molecule has 148 valence electrons. The van der Waals surface area contributed by atoms with E-state index < -0.39 is 0 Å². The zero-order chi connectivity index (χ0) is 19.8. The number of benzene rings is 2. The molecule has 2 N–H and O–H groups in total. The summed E-state index contributed by atoms with van der Waals surface area (Å²) >= 11 is 0. The van der Waals surface area contributed by atoms with Gasteiger partial charge in [-0.1, -0.05) is 49.4 Å². The molecule has 4 nitrogen and oxygen atoms in total. The second kappa shape index (κ2) is 10.1. The molecular formula is C24H30N2O2. The lowest BCUT2D eigenvalue weighted by Gasteiger charge is -2.27. The molecule has 1 fully saturated rings. The van der Waals surface area contributed by atoms with Gasteiger partial charge in [0.1, 0.15) is 0 Å². The minimum atomic E-state index is -0.000722. The predicted molar refractivity (Wildman–Crippen MR) is 113 cm³/mol. The van der Waals surface area contributed by atoms with Crippen molar-refractivity contribution in [3.8, 4) is 0 Å². The second-order valence-corrected chi connectivity index (χ2v) is 7.61. The second-order valence-electron chi connectivity index (χ2n) is 7.61. The number of anilines is 1. The van der Waals surface area contributed by atoms with Crippen LogP contribution in [0.5, 0.6) is 0 Å². The fourth-order valence-electron chi connectivity index (χ4n) is 3.80. The van der Waals surface area contributed by atoms with E-state index in [1.807, 2.05) is 42.5 Å². The lowest BCUT2D eigenvalue weighted by atomic mass is 9.81. The number of carbonyl (C=O) groups excluding carboxylic acids is 2. The third kappa shape index (κ3) is 5.69. The van der Waals surface area contributed by atoms with Gasteiger partial charge < -0.3 is 10.6 Å². The van der Waals surface area contributed by atoms with Gasteiger partial charge in [0.05, 0.1) is 0 Å². The van der Waals surface area contributed by atoms with Crippen LogP contribution in [-0.2, 0) is 22.4 Å². The van der Waals surface area contributed by atoms with E-state index in [1.165, 1.54) is 11.1 Å². The summed E-state index contributed by atoms with van der Waals surface area (Å²) in [6.07, 6.45) is 4.95. The molecule has 0 atom stereocenters. The monoisotopic (exact) mass is 378 g/mol. The number of hydrogen-bond acceptors (Lipinski definition) is 2. The van der Waals surface area contributed by atoms with Crippen molar-refractivity contribution in [3.63, 3.8) is 0 Å². The molecule has 1 aliphatic rings. The summed E-state index contributed by atoms with van der Waals surface area (Å²) in [6, 6.07) is 18.2. The van der Waals surface area contributed by atoms with Crippen molar-refractivity contribution in [2.45, 2.75) is 45.4 Å². The van der Waals surface area contributed by atoms with Crippen LogP contribution in [0, 0.1) is 11.8 Å². The van der Waals surface area contributed by atoms with Gasteiger partial charge in [-0.2, -0.15) is 0 Å². The van der Waals surface area contributed by atoms with Gasteiger partial charge >= 0.3 is 0 Å². The van der Waals surface area contributed by atoms with E-state index >= 15 is 0 Å². The first kappa shape index (κ1) is 20.1. The van der Waals surface area contributed by atoms with Gasteiger partial charge in [-0.15, -0.1) is 0 Å². The SMILES string of the molecule is CCc1ccc(NC(=O)C2CCC(C(=O)NCCc3ccccc3)CC2)cc1. The molecule has 2 aromatic carbocycles. The van der Waals surface area contributed by atoms with Crippen LogP contribution in [-0.4, -0.2) is 18.4 Å². The van der Waals surface area contributed by atoms with Crippen LogP contribution in [0.15, 0.2) is 54.6 Å². The number of hydrogen-bond donors (Lipinski definition) is 2. The summed E-state index contributed by atoms with van der Waals surface area (Å²) in [6.45, 7) is 2.78. The molecule has 0 aliphatic heterocycles. The first-order valence-electron chi connectivity index (χ1n) is 10.4. The van der Waals surface area contributed by atoms with Crippen LogP contribution in [0.3, 0.4) is 0 Å². The van der Waals surface area contributed by atoms with Gasteiger partial charge in [0.15, 0.2) is 0 Å². The van der Waals surface area contributed by atoms with Crippen molar-refractivity contribution in [1.29, 1.82) is 0 Å². The maximum Gasteiger partial charge on any atom is 0.227 e. The van der Waals surface area contributed by atoms with E-state index in [2.05, 4.69) is 29.7 Å². The quantitative estimate of drug-likeness (QED) is 0.752. The van der Waals surface area contributed by atoms with E-state index in [4.69, 9.17) is 0 Å². The van der Waals surface area contributed by atoms with E-state index in [9.17, 15) is 9.59 Å². The number of carbonyl (C=O) groups is 2. The molecule has 3 rings (SSSR count). The Morgan fingerprint density at radius 2 is 1.43 bits per heavy atom. The van der Waals surface area contributed by atoms with Gasteiger partial charge in [-0.05, 0) is 61.8 Å². The predicted octanol–water partition coefficient (Wildman–Crippen LogP) is 4.35. The van der Waals surface area contributed by atoms with Crippen molar-refractivity contribution in [3.05, 3.63) is 65.7 Å². The number of nitrogens with one attached hydrogen (secondary N) is 2. The molecule has 0 aromatic heterocycles. The Bertz CT molecular complexity index is 763. The molecule has 0 heterocycles. The molecule has 1 saturated carbocycles. The third-order valence-electron chi connectivity index (χ3n) is 5.65. The van der Waals surface area contributed by atoms with Crippen molar-refractivity contribution in [2.24, 2.45) is 11.8 Å². The zero-order valence-electron chi connectivity index (χ0n) is 16.6. The summed E-state index contributed by atoms with van der Waals surface area (Å²) in [7, 11) is 0. The van der Waals surface area contributed by atoms with Crippen LogP contribution in [0.2, 0.25) is 0 Å². The van der Waals surface area contributed by atoms with Gasteiger partial charge in [0, 0.05) is 24.1 Å². The molecule has 2 aromatic rings. The summed E-state index contributed by atoms with van der Waals surface area (Å²) in [4.78, 5) is 24.9. The maximum absolute atomic E-state index is 12.5. The first-order valence-corrected chi connectivity index (χ1v) is 10.4. The van der Waals surface area contributed by atoms with Crippen LogP contribution in [0.4, 0.5) is 5.69 Å². The lowest BCUT2D eigenvalue weighted by Crippen LogP contribution is -2.36. The maximum atomic E-state index is 12.5. The fraction of sp³-hybridized carbons (Fsp3) is 0.417. The Morgan fingerprint density at radius 3 is 2.04 bits per heavy atom. The van der Waals surface area contributed by atoms with Crippen molar-refractivity contribution < 1.29 is 9.59 Å². The van der Waals surface area contributed by atoms with Gasteiger partial charge in [0.2, 0.25) is 11.8 Å². The highest BCUT2D eigenvalue weighted by Gasteiger charge is 2.29. The summed E-state index contributed by atoms with van der Waals surface area (Å²) in [5.74, 6) is 0.236. The zero-order valence-corrected chi connectivity index (χ0v) is 16.6. The lowest BCUT2D eigenvalue weighted by molar-refractivity contribution is -0.128. The number of rotatable bonds is 7. The molecular weight excluding hydrogens is 348 g/mol. The van der Waals surface area contributed by atoms with Crippen LogP contribution in [0.1, 0.15) is 43.7 Å². The standard InChI is InChI=1S/C24H30N2O2/c1-2-18-8-14-22(15-9-18)26-24(28)21-12-10-20(11-13-21)23(27)25-17-16-19-6-4-3-5-7-19/h3-9,14-15,20-21H,2,10-13,16-17H2,1H3,(H,25,27)(H,26,28). The van der Waals surface area contributed by atoms with Crippen molar-refractivity contribution in [2.75, 3.05) is 11.9 Å². The average Bonchev–Trinajstić information content (AvgIpc) is 2.75. The van der Waals surface area contributed by atoms with E-state index in [-0.39, 0.29) is 23.7 Å². The van der Waals surface area contributed by atoms with Crippen molar-refractivity contribution in [1.82, 2.24) is 5.32 Å². The molecule has 1 aliphatic carbocycles. The molecule has 2 amide bonds. The summed E-state index contributed by atoms with van der Waals surface area (Å²) in [5.41, 5.74) is 3.34. The van der Waals surface area contributed by atoms with Gasteiger partial charge in [0.25, 0.3) is 0 Å². The molecule has 0 unspecified atom stereocenters. The minimum absolute atomic E-state index is 0.000722. The number of amides is 2. The highest BCUT2D eigenvalue weighted by molar-refractivity contribution is 5.92. The van der Waals surface area contributed by atoms with Crippen LogP contribution < -0.4 is 10.6 Å². The third-order valence-corrected chi connectivity index (χ3v) is 5.65. The smallest absolute Gasteiger partial charge is 0.227 e. The van der Waals surface area contributed by atoms with E-state index in [0.717, 1.165) is 44.2 Å². The van der Waals surface area contributed by atoms with E-state index in [0.29, 0.717) is 6.54 Å². The van der Waals surface area contributed by atoms with E-state index in [1.54, 1.807) is 0 Å². The average molecular weight is 379 g/mol. The largest absolute Gasteiger partial charge is 0.356 e. The molecule has 0 saturated heterocycles. The Kier molecular flexibility index (Phi) is 7.24. The van der Waals surface area contributed by atoms with Crippen LogP contribution >= 0.6 is 0 Å². The first-order chi connectivity index (χ1) is 13.7. The molecule has 4 heteroatoms. The fourth-order valence-corrected chi connectivity index (χ4v) is 3.80. The minimum Gasteiger partial charge on any atom is -0.356 e. The van der Waals surface area contributed by atoms with Crippen molar-refractivity contribution >= 4 is 17.5 Å². The normalized spacial score (nSPS) is 19.0. The highest BCUT2D eigenvalue weighted by atomic mass is 16.2. The van der Waals surface area contributed by atoms with Crippen LogP contribution in [0.25, 0.3) is 0 Å². The molecule has 0 spiro atoms. The summed E-state index contributed by atoms with van der Waals surface area (Å²) < 4.78 is 0. The Labute approximate surface area is 167 Å².